The number of aryl methyl sites for hydroxylation is 1. The summed E-state index contributed by atoms with van der Waals surface area (Å²) < 4.78 is 0. The third-order valence-electron chi connectivity index (χ3n) is 2.13. The van der Waals surface area contributed by atoms with Gasteiger partial charge in [0.15, 0.2) is 0 Å². The zero-order chi connectivity index (χ0) is 11.3. The number of hydrogen-bond acceptors (Lipinski definition) is 3. The van der Waals surface area contributed by atoms with Gasteiger partial charge in [-0.1, -0.05) is 36.3 Å². The van der Waals surface area contributed by atoms with Crippen LogP contribution in [0.25, 0.3) is 0 Å². The highest BCUT2D eigenvalue weighted by molar-refractivity contribution is 6.08. The largest absolute Gasteiger partial charge is 0.481 e. The number of carbonyl (C=O) groups is 1. The molecule has 0 aromatic heterocycles. The lowest BCUT2D eigenvalue weighted by Gasteiger charge is -2.02. The Bertz CT molecular complexity index is 368. The molecule has 0 atom stereocenters. The molecule has 0 radical (unpaired) electrons. The van der Waals surface area contributed by atoms with E-state index in [0.717, 1.165) is 12.0 Å². The molecule has 1 aromatic rings. The van der Waals surface area contributed by atoms with E-state index >= 15 is 0 Å². The molecule has 0 aliphatic rings. The summed E-state index contributed by atoms with van der Waals surface area (Å²) in [5, 5.41) is 20.3. The first-order chi connectivity index (χ1) is 7.17. The van der Waals surface area contributed by atoms with Crippen LogP contribution >= 0.6 is 0 Å². The van der Waals surface area contributed by atoms with Crippen molar-refractivity contribution in [3.8, 4) is 0 Å². The van der Waals surface area contributed by atoms with Gasteiger partial charge in [0.25, 0.3) is 0 Å². The van der Waals surface area contributed by atoms with Crippen LogP contribution in [0.1, 0.15) is 24.5 Å². The molecule has 0 bridgehead atoms. The summed E-state index contributed by atoms with van der Waals surface area (Å²) in [6, 6.07) is 7.30. The molecule has 80 valence electrons. The van der Waals surface area contributed by atoms with E-state index < -0.39 is 5.97 Å². The molecule has 0 aliphatic heterocycles. The van der Waals surface area contributed by atoms with Gasteiger partial charge >= 0.3 is 5.97 Å². The van der Waals surface area contributed by atoms with Crippen molar-refractivity contribution >= 4 is 11.7 Å². The molecule has 2 N–H and O–H groups in total. The van der Waals surface area contributed by atoms with Crippen molar-refractivity contribution in [1.29, 1.82) is 0 Å². The van der Waals surface area contributed by atoms with E-state index in [1.54, 1.807) is 12.1 Å². The highest BCUT2D eigenvalue weighted by Crippen LogP contribution is 2.08. The number of carboxylic acid groups (broad SMARTS) is 1. The fourth-order valence-corrected chi connectivity index (χ4v) is 1.27. The van der Waals surface area contributed by atoms with E-state index in [1.165, 1.54) is 0 Å². The van der Waals surface area contributed by atoms with Crippen LogP contribution in [-0.4, -0.2) is 22.0 Å². The van der Waals surface area contributed by atoms with Crippen LogP contribution < -0.4 is 0 Å². The smallest absolute Gasteiger partial charge is 0.309 e. The number of carboxylic acids is 1. The number of aliphatic carboxylic acids is 1. The Morgan fingerprint density at radius 3 is 2.33 bits per heavy atom. The predicted octanol–water partition coefficient (Wildman–Crippen LogP) is 1.90. The van der Waals surface area contributed by atoms with Crippen LogP contribution in [0, 0.1) is 0 Å². The topological polar surface area (TPSA) is 69.9 Å². The van der Waals surface area contributed by atoms with Crippen molar-refractivity contribution < 1.29 is 15.1 Å². The lowest BCUT2D eigenvalue weighted by Crippen LogP contribution is -2.08. The van der Waals surface area contributed by atoms with Gasteiger partial charge in [0.1, 0.15) is 0 Å². The summed E-state index contributed by atoms with van der Waals surface area (Å²) in [7, 11) is 0. The molecule has 0 unspecified atom stereocenters. The third-order valence-corrected chi connectivity index (χ3v) is 2.13. The molecule has 0 saturated carbocycles. The average molecular weight is 207 g/mol. The maximum absolute atomic E-state index is 10.5. The Kier molecular flexibility index (Phi) is 3.85. The molecule has 4 nitrogen and oxygen atoms in total. The fourth-order valence-electron chi connectivity index (χ4n) is 1.27. The summed E-state index contributed by atoms with van der Waals surface area (Å²) in [6.07, 6.45) is 0.646. The third kappa shape index (κ3) is 3.09. The number of nitrogens with zero attached hydrogens (tertiary/aromatic N) is 1. The molecule has 4 heteroatoms. The van der Waals surface area contributed by atoms with Crippen LogP contribution in [0.5, 0.6) is 0 Å². The molecule has 0 amide bonds. The Morgan fingerprint density at radius 2 is 1.93 bits per heavy atom. The van der Waals surface area contributed by atoms with Crippen LogP contribution in [0.3, 0.4) is 0 Å². The van der Waals surface area contributed by atoms with Crippen molar-refractivity contribution in [2.75, 3.05) is 0 Å². The van der Waals surface area contributed by atoms with E-state index in [4.69, 9.17) is 10.3 Å². The minimum atomic E-state index is -1.01. The molecule has 1 aromatic carbocycles. The van der Waals surface area contributed by atoms with Crippen molar-refractivity contribution in [1.82, 2.24) is 0 Å². The Hall–Kier alpha value is -1.84. The zero-order valence-electron chi connectivity index (χ0n) is 8.47. The molecular formula is C11H13NO3. The van der Waals surface area contributed by atoms with E-state index in [9.17, 15) is 4.79 Å². The number of rotatable bonds is 4. The second-order valence-electron chi connectivity index (χ2n) is 3.17. The lowest BCUT2D eigenvalue weighted by molar-refractivity contribution is -0.135. The van der Waals surface area contributed by atoms with Gasteiger partial charge in [0, 0.05) is 0 Å². The monoisotopic (exact) mass is 207 g/mol. The summed E-state index contributed by atoms with van der Waals surface area (Å²) in [6.45, 7) is 2.04. The maximum Gasteiger partial charge on any atom is 0.309 e. The first-order valence-electron chi connectivity index (χ1n) is 4.69. The number of benzene rings is 1. The first kappa shape index (κ1) is 11.2. The van der Waals surface area contributed by atoms with E-state index in [-0.39, 0.29) is 12.1 Å². The highest BCUT2D eigenvalue weighted by atomic mass is 16.4. The van der Waals surface area contributed by atoms with Crippen LogP contribution in [0.2, 0.25) is 0 Å². The van der Waals surface area contributed by atoms with Gasteiger partial charge in [-0.25, -0.2) is 0 Å². The van der Waals surface area contributed by atoms with Crippen molar-refractivity contribution in [3.63, 3.8) is 0 Å². The van der Waals surface area contributed by atoms with E-state index in [1.807, 2.05) is 19.1 Å². The average Bonchev–Trinajstić information content (AvgIpc) is 2.26. The standard InChI is InChI=1S/C11H13NO3/c1-2-8-3-5-9(6-4-8)10(12-15)7-11(13)14/h3-6,15H,2,7H2,1H3,(H,13,14). The summed E-state index contributed by atoms with van der Waals surface area (Å²) >= 11 is 0. The first-order valence-corrected chi connectivity index (χ1v) is 4.69. The van der Waals surface area contributed by atoms with Crippen LogP contribution in [-0.2, 0) is 11.2 Å². The van der Waals surface area contributed by atoms with Gasteiger partial charge < -0.3 is 10.3 Å². The summed E-state index contributed by atoms with van der Waals surface area (Å²) in [5.41, 5.74) is 1.97. The van der Waals surface area contributed by atoms with Gasteiger partial charge in [0.05, 0.1) is 12.1 Å². The van der Waals surface area contributed by atoms with E-state index in [0.29, 0.717) is 5.56 Å². The molecule has 0 aliphatic carbocycles. The fraction of sp³-hybridized carbons (Fsp3) is 0.273. The van der Waals surface area contributed by atoms with Gasteiger partial charge in [-0.2, -0.15) is 0 Å². The normalized spacial score (nSPS) is 11.4. The molecule has 0 heterocycles. The Labute approximate surface area is 87.9 Å². The minimum absolute atomic E-state index is 0.171. The van der Waals surface area contributed by atoms with Gasteiger partial charge in [0.2, 0.25) is 0 Å². The van der Waals surface area contributed by atoms with Crippen molar-refractivity contribution in [3.05, 3.63) is 35.4 Å². The van der Waals surface area contributed by atoms with E-state index in [2.05, 4.69) is 5.16 Å². The molecule has 0 fully saturated rings. The Morgan fingerprint density at radius 1 is 1.33 bits per heavy atom. The predicted molar refractivity (Wildman–Crippen MR) is 56.4 cm³/mol. The van der Waals surface area contributed by atoms with Crippen LogP contribution in [0.4, 0.5) is 0 Å². The second-order valence-corrected chi connectivity index (χ2v) is 3.17. The molecular weight excluding hydrogens is 194 g/mol. The zero-order valence-corrected chi connectivity index (χ0v) is 8.47. The highest BCUT2D eigenvalue weighted by Gasteiger charge is 2.08. The lowest BCUT2D eigenvalue weighted by atomic mass is 10.0. The molecule has 15 heavy (non-hydrogen) atoms. The molecule has 0 saturated heterocycles. The van der Waals surface area contributed by atoms with Crippen LogP contribution in [0.15, 0.2) is 29.4 Å². The minimum Gasteiger partial charge on any atom is -0.481 e. The van der Waals surface area contributed by atoms with Gasteiger partial charge in [-0.3, -0.25) is 4.79 Å². The quantitative estimate of drug-likeness (QED) is 0.450. The molecule has 1 rings (SSSR count). The van der Waals surface area contributed by atoms with Crippen molar-refractivity contribution in [2.24, 2.45) is 5.16 Å². The summed E-state index contributed by atoms with van der Waals surface area (Å²) in [4.78, 5) is 10.5. The SMILES string of the molecule is CCc1ccc(C(CC(=O)O)=NO)cc1. The van der Waals surface area contributed by atoms with Crippen molar-refractivity contribution in [2.45, 2.75) is 19.8 Å². The Balaban J connectivity index is 2.89. The number of oxime groups is 1. The number of hydrogen-bond donors (Lipinski definition) is 2. The van der Waals surface area contributed by atoms with Gasteiger partial charge in [-0.15, -0.1) is 0 Å². The van der Waals surface area contributed by atoms with Gasteiger partial charge in [-0.05, 0) is 17.5 Å². The molecule has 0 spiro atoms. The summed E-state index contributed by atoms with van der Waals surface area (Å²) in [5.74, 6) is -1.01. The second kappa shape index (κ2) is 5.14. The maximum atomic E-state index is 10.5.